The van der Waals surface area contributed by atoms with Crippen LogP contribution in [0.25, 0.3) is 21.8 Å². The van der Waals surface area contributed by atoms with Crippen molar-refractivity contribution in [2.75, 3.05) is 14.2 Å². The SMILES string of the molecule is CCn1c2ccccc2c2cc(CCC(=O)c3ccc(OC)cc3OC)ccc21. The van der Waals surface area contributed by atoms with E-state index >= 15 is 0 Å². The predicted octanol–water partition coefficient (Wildman–Crippen LogP) is 5.65. The van der Waals surface area contributed by atoms with Crippen LogP contribution in [0.4, 0.5) is 0 Å². The molecule has 0 N–H and O–H groups in total. The molecule has 0 fully saturated rings. The van der Waals surface area contributed by atoms with Gasteiger partial charge < -0.3 is 14.0 Å². The zero-order valence-corrected chi connectivity index (χ0v) is 17.1. The number of ether oxygens (including phenoxy) is 2. The molecule has 4 aromatic rings. The number of fused-ring (bicyclic) bond motifs is 3. The van der Waals surface area contributed by atoms with Crippen molar-refractivity contribution in [1.82, 2.24) is 4.57 Å². The van der Waals surface area contributed by atoms with Gasteiger partial charge in [-0.1, -0.05) is 24.3 Å². The van der Waals surface area contributed by atoms with Gasteiger partial charge in [0, 0.05) is 40.8 Å². The van der Waals surface area contributed by atoms with Crippen molar-refractivity contribution < 1.29 is 14.3 Å². The minimum Gasteiger partial charge on any atom is -0.497 e. The molecule has 0 aliphatic heterocycles. The van der Waals surface area contributed by atoms with Crippen molar-refractivity contribution in [2.24, 2.45) is 0 Å². The summed E-state index contributed by atoms with van der Waals surface area (Å²) in [4.78, 5) is 12.8. The Morgan fingerprint density at radius 1 is 0.897 bits per heavy atom. The van der Waals surface area contributed by atoms with Crippen LogP contribution in [0.1, 0.15) is 29.3 Å². The van der Waals surface area contributed by atoms with Crippen LogP contribution in [-0.4, -0.2) is 24.6 Å². The maximum Gasteiger partial charge on any atom is 0.166 e. The number of methoxy groups -OCH3 is 2. The number of hydrogen-bond donors (Lipinski definition) is 0. The Balaban J connectivity index is 1.60. The summed E-state index contributed by atoms with van der Waals surface area (Å²) < 4.78 is 12.9. The molecule has 1 aromatic heterocycles. The number of aryl methyl sites for hydroxylation is 2. The molecule has 0 atom stereocenters. The van der Waals surface area contributed by atoms with Crippen molar-refractivity contribution in [3.05, 3.63) is 71.8 Å². The fraction of sp³-hybridized carbons (Fsp3) is 0.240. The minimum atomic E-state index is 0.0700. The molecule has 0 amide bonds. The highest BCUT2D eigenvalue weighted by atomic mass is 16.5. The summed E-state index contributed by atoms with van der Waals surface area (Å²) in [5.74, 6) is 1.30. The van der Waals surface area contributed by atoms with Crippen molar-refractivity contribution >= 4 is 27.6 Å². The van der Waals surface area contributed by atoms with Gasteiger partial charge in [-0.2, -0.15) is 0 Å². The quantitative estimate of drug-likeness (QED) is 0.385. The molecule has 0 aliphatic carbocycles. The van der Waals surface area contributed by atoms with E-state index in [0.29, 0.717) is 29.9 Å². The Bertz CT molecular complexity index is 1190. The molecule has 1 heterocycles. The lowest BCUT2D eigenvalue weighted by Crippen LogP contribution is -2.04. The lowest BCUT2D eigenvalue weighted by atomic mass is 10.0. The number of hydrogen-bond acceptors (Lipinski definition) is 3. The standard InChI is InChI=1S/C25H25NO3/c1-4-26-22-8-6-5-7-19(22)21-15-17(9-13-23(21)26)10-14-24(27)20-12-11-18(28-2)16-25(20)29-3/h5-9,11-13,15-16H,4,10,14H2,1-3H3. The van der Waals surface area contributed by atoms with Crippen LogP contribution in [0.2, 0.25) is 0 Å². The van der Waals surface area contributed by atoms with Crippen LogP contribution in [-0.2, 0) is 13.0 Å². The summed E-state index contributed by atoms with van der Waals surface area (Å²) in [6.07, 6.45) is 1.12. The predicted molar refractivity (Wildman–Crippen MR) is 117 cm³/mol. The molecule has 4 nitrogen and oxygen atoms in total. The van der Waals surface area contributed by atoms with E-state index in [-0.39, 0.29) is 5.78 Å². The molecule has 148 valence electrons. The summed E-state index contributed by atoms with van der Waals surface area (Å²) in [6.45, 7) is 3.10. The van der Waals surface area contributed by atoms with Crippen molar-refractivity contribution in [3.8, 4) is 11.5 Å². The molecule has 4 rings (SSSR count). The van der Waals surface area contributed by atoms with Gasteiger partial charge in [0.05, 0.1) is 19.8 Å². The molecule has 0 saturated carbocycles. The third-order valence-corrected chi connectivity index (χ3v) is 5.50. The fourth-order valence-electron chi connectivity index (χ4n) is 4.02. The van der Waals surface area contributed by atoms with E-state index in [4.69, 9.17) is 9.47 Å². The number of rotatable bonds is 7. The molecular weight excluding hydrogens is 362 g/mol. The Hall–Kier alpha value is -3.27. The Labute approximate surface area is 170 Å². The number of carbonyl (C=O) groups excluding carboxylic acids is 1. The number of para-hydroxylation sites is 1. The smallest absolute Gasteiger partial charge is 0.166 e. The summed E-state index contributed by atoms with van der Waals surface area (Å²) in [5, 5.41) is 2.50. The summed E-state index contributed by atoms with van der Waals surface area (Å²) in [6, 6.07) is 20.3. The first-order valence-electron chi connectivity index (χ1n) is 9.91. The van der Waals surface area contributed by atoms with Gasteiger partial charge in [-0.05, 0) is 49.2 Å². The third-order valence-electron chi connectivity index (χ3n) is 5.50. The number of ketones is 1. The van der Waals surface area contributed by atoms with Gasteiger partial charge in [0.2, 0.25) is 0 Å². The number of aromatic nitrogens is 1. The largest absolute Gasteiger partial charge is 0.497 e. The van der Waals surface area contributed by atoms with Gasteiger partial charge >= 0.3 is 0 Å². The lowest BCUT2D eigenvalue weighted by molar-refractivity contribution is 0.0980. The van der Waals surface area contributed by atoms with Crippen LogP contribution in [0.3, 0.4) is 0 Å². The molecule has 0 aliphatic rings. The van der Waals surface area contributed by atoms with Gasteiger partial charge in [-0.15, -0.1) is 0 Å². The Kier molecular flexibility index (Phi) is 5.26. The zero-order chi connectivity index (χ0) is 20.4. The first-order chi connectivity index (χ1) is 14.2. The zero-order valence-electron chi connectivity index (χ0n) is 17.1. The molecule has 0 spiro atoms. The summed E-state index contributed by atoms with van der Waals surface area (Å²) >= 11 is 0. The fourth-order valence-corrected chi connectivity index (χ4v) is 4.02. The second-order valence-electron chi connectivity index (χ2n) is 7.10. The van der Waals surface area contributed by atoms with E-state index in [1.807, 2.05) is 0 Å². The topological polar surface area (TPSA) is 40.5 Å². The van der Waals surface area contributed by atoms with Crippen molar-refractivity contribution in [3.63, 3.8) is 0 Å². The monoisotopic (exact) mass is 387 g/mol. The second kappa shape index (κ2) is 8.00. The highest BCUT2D eigenvalue weighted by molar-refractivity contribution is 6.08. The van der Waals surface area contributed by atoms with E-state index in [0.717, 1.165) is 12.1 Å². The van der Waals surface area contributed by atoms with Crippen molar-refractivity contribution in [1.29, 1.82) is 0 Å². The van der Waals surface area contributed by atoms with Gasteiger partial charge in [0.25, 0.3) is 0 Å². The minimum absolute atomic E-state index is 0.0700. The molecule has 0 unspecified atom stereocenters. The van der Waals surface area contributed by atoms with Gasteiger partial charge in [-0.25, -0.2) is 0 Å². The number of nitrogens with zero attached hydrogens (tertiary/aromatic N) is 1. The van der Waals surface area contributed by atoms with Gasteiger partial charge in [0.15, 0.2) is 5.78 Å². The number of carbonyl (C=O) groups is 1. The highest BCUT2D eigenvalue weighted by Crippen LogP contribution is 2.30. The molecule has 0 radical (unpaired) electrons. The van der Waals surface area contributed by atoms with Gasteiger partial charge in [-0.3, -0.25) is 4.79 Å². The molecule has 29 heavy (non-hydrogen) atoms. The van der Waals surface area contributed by atoms with E-state index in [1.165, 1.54) is 21.8 Å². The van der Waals surface area contributed by atoms with E-state index in [1.54, 1.807) is 32.4 Å². The van der Waals surface area contributed by atoms with E-state index in [9.17, 15) is 4.79 Å². The molecule has 0 saturated heterocycles. The average Bonchev–Trinajstić information content (AvgIpc) is 3.09. The van der Waals surface area contributed by atoms with Crippen molar-refractivity contribution in [2.45, 2.75) is 26.3 Å². The first kappa shape index (κ1) is 19.1. The molecular formula is C25H25NO3. The molecule has 0 bridgehead atoms. The Morgan fingerprint density at radius 2 is 1.69 bits per heavy atom. The maximum atomic E-state index is 12.8. The summed E-state index contributed by atoms with van der Waals surface area (Å²) in [5.41, 5.74) is 4.25. The maximum absolute atomic E-state index is 12.8. The average molecular weight is 387 g/mol. The van der Waals surface area contributed by atoms with E-state index < -0.39 is 0 Å². The Morgan fingerprint density at radius 3 is 2.45 bits per heavy atom. The van der Waals surface area contributed by atoms with Crippen LogP contribution in [0.15, 0.2) is 60.7 Å². The molecule has 3 aromatic carbocycles. The lowest BCUT2D eigenvalue weighted by Gasteiger charge is -2.10. The normalized spacial score (nSPS) is 11.1. The van der Waals surface area contributed by atoms with Gasteiger partial charge in [0.1, 0.15) is 11.5 Å². The van der Waals surface area contributed by atoms with E-state index in [2.05, 4.69) is 54.0 Å². The second-order valence-corrected chi connectivity index (χ2v) is 7.10. The highest BCUT2D eigenvalue weighted by Gasteiger charge is 2.14. The number of Topliss-reactive ketones (excluding diaryl/α,β-unsaturated/α-hetero) is 1. The van der Waals surface area contributed by atoms with Crippen LogP contribution in [0, 0.1) is 0 Å². The summed E-state index contributed by atoms with van der Waals surface area (Å²) in [7, 11) is 3.17. The number of benzene rings is 3. The van der Waals surface area contributed by atoms with Crippen LogP contribution < -0.4 is 9.47 Å². The third kappa shape index (κ3) is 3.46. The molecule has 4 heteroatoms. The van der Waals surface area contributed by atoms with Crippen LogP contribution in [0.5, 0.6) is 11.5 Å². The first-order valence-corrected chi connectivity index (χ1v) is 9.91. The van der Waals surface area contributed by atoms with Crippen LogP contribution >= 0.6 is 0 Å².